The van der Waals surface area contributed by atoms with Crippen LogP contribution in [0.15, 0.2) is 0 Å². The van der Waals surface area contributed by atoms with Crippen molar-refractivity contribution in [3.8, 4) is 0 Å². The molecule has 4 heteroatoms. The van der Waals surface area contributed by atoms with Gasteiger partial charge in [0.15, 0.2) is 0 Å². The molecule has 0 saturated carbocycles. The van der Waals surface area contributed by atoms with Gasteiger partial charge in [-0.1, -0.05) is 0 Å². The van der Waals surface area contributed by atoms with Crippen LogP contribution in [0.25, 0.3) is 0 Å². The third kappa shape index (κ3) is 8.82. The van der Waals surface area contributed by atoms with Crippen LogP contribution in [0.4, 0.5) is 0 Å². The second kappa shape index (κ2) is 17.5. The van der Waals surface area contributed by atoms with Crippen molar-refractivity contribution in [3.63, 3.8) is 0 Å². The topological polar surface area (TPSA) is 0 Å². The van der Waals surface area contributed by atoms with E-state index in [0.717, 1.165) is 0 Å². The van der Waals surface area contributed by atoms with Gasteiger partial charge in [-0.05, 0) is 0 Å². The summed E-state index contributed by atoms with van der Waals surface area (Å²) in [6.07, 6.45) is 0. The van der Waals surface area contributed by atoms with E-state index in [9.17, 15) is 0 Å². The van der Waals surface area contributed by atoms with Crippen molar-refractivity contribution in [2.24, 2.45) is 0 Å². The average molecular weight is 429 g/mol. The Kier molecular flexibility index (Phi) is 134. The first kappa shape index (κ1) is 30.6. The minimum Gasteiger partial charge on any atom is 0 e. The van der Waals surface area contributed by atoms with Gasteiger partial charge in [-0.2, -0.15) is 0 Å². The molecule has 0 rings (SSSR count). The molecule has 0 spiro atoms. The molecule has 4 heavy (non-hydrogen) atoms. The fourth-order valence-corrected chi connectivity index (χ4v) is 0. The Morgan fingerprint density at radius 2 is 1.00 bits per heavy atom. The molecule has 0 bridgehead atoms. The first-order valence-electron chi connectivity index (χ1n) is 0. The predicted octanol–water partition coefficient (Wildman–Crippen LogP) is 0.475. The molecule has 0 unspecified atom stereocenters. The minimum atomic E-state index is 0. The van der Waals surface area contributed by atoms with Crippen LogP contribution in [0.3, 0.4) is 0 Å². The summed E-state index contributed by atoms with van der Waals surface area (Å²) in [6, 6.07) is 0. The normalized spacial score (nSPS) is 0. The molecule has 0 amide bonds. The van der Waals surface area contributed by atoms with Crippen LogP contribution < -0.4 is 0 Å². The Bertz CT molecular complexity index is 8.00. The molecule has 0 atom stereocenters. The van der Waals surface area contributed by atoms with E-state index in [-0.39, 0.29) is 75.9 Å². The quantitative estimate of drug-likeness (QED) is 0.388. The summed E-state index contributed by atoms with van der Waals surface area (Å²) < 4.78 is 0. The maximum atomic E-state index is 0. The van der Waals surface area contributed by atoms with Crippen LogP contribution in [-0.2, 0) is 42.1 Å². The molecule has 0 fully saturated rings. The van der Waals surface area contributed by atoms with Crippen LogP contribution in [0, 0.1) is 0 Å². The van der Waals surface area contributed by atoms with Crippen LogP contribution in [0.5, 0.6) is 0 Å². The third-order valence-corrected chi connectivity index (χ3v) is 0. The Morgan fingerprint density at radius 3 is 1.00 bits per heavy atom. The van der Waals surface area contributed by atoms with E-state index in [2.05, 4.69) is 0 Å². The summed E-state index contributed by atoms with van der Waals surface area (Å²) >= 11 is 0. The number of hydrogen-bond acceptors (Lipinski definition) is 0. The van der Waals surface area contributed by atoms with E-state index in [4.69, 9.17) is 0 Å². The number of hydrogen-bond donors (Lipinski definition) is 0. The zero-order valence-corrected chi connectivity index (χ0v) is 10.5. The Morgan fingerprint density at radius 1 is 1.00 bits per heavy atom. The SMILES string of the molecule is [Mo].[P].[Sn].[W]. The van der Waals surface area contributed by atoms with Crippen LogP contribution >= 0.6 is 9.90 Å². The second-order valence-electron chi connectivity index (χ2n) is 0. The standard InChI is InChI=1S/Mo.P.Sn.W. The van der Waals surface area contributed by atoms with E-state index in [1.54, 1.807) is 0 Å². The monoisotopic (exact) mass is 433 g/mol. The van der Waals surface area contributed by atoms with Crippen molar-refractivity contribution in [2.45, 2.75) is 0 Å². The maximum Gasteiger partial charge on any atom is 0 e. The van der Waals surface area contributed by atoms with Gasteiger partial charge < -0.3 is 0 Å². The zero-order chi connectivity index (χ0) is 0. The first-order valence-corrected chi connectivity index (χ1v) is 0. The minimum absolute atomic E-state index is 0. The fraction of sp³-hybridized carbons (Fsp3) is 0. The molecule has 0 aliphatic heterocycles. The largest absolute Gasteiger partial charge is 0 e. The van der Waals surface area contributed by atoms with E-state index in [1.807, 2.05) is 0 Å². The van der Waals surface area contributed by atoms with Crippen molar-refractivity contribution >= 4 is 33.8 Å². The number of rotatable bonds is 0. The third-order valence-electron chi connectivity index (χ3n) is 0. The van der Waals surface area contributed by atoms with Crippen LogP contribution in [0.2, 0.25) is 0 Å². The molecule has 0 saturated heterocycles. The van der Waals surface area contributed by atoms with E-state index >= 15 is 0 Å². The van der Waals surface area contributed by atoms with E-state index in [1.165, 1.54) is 0 Å². The van der Waals surface area contributed by atoms with Crippen molar-refractivity contribution < 1.29 is 42.1 Å². The molecular formula is MoPSnW. The van der Waals surface area contributed by atoms with Gasteiger partial charge in [0.25, 0.3) is 0 Å². The van der Waals surface area contributed by atoms with Gasteiger partial charge in [-0.15, -0.1) is 0 Å². The summed E-state index contributed by atoms with van der Waals surface area (Å²) in [5, 5.41) is 0. The van der Waals surface area contributed by atoms with Crippen LogP contribution in [-0.4, -0.2) is 23.9 Å². The molecule has 0 N–H and O–H groups in total. The maximum absolute atomic E-state index is 0. The van der Waals surface area contributed by atoms with E-state index in [0.29, 0.717) is 0 Å². The van der Waals surface area contributed by atoms with Crippen molar-refractivity contribution in [3.05, 3.63) is 0 Å². The first-order chi connectivity index (χ1) is 0. The average Bonchev–Trinajstić information content (AvgIpc) is 0. The van der Waals surface area contributed by atoms with Gasteiger partial charge in [-0.25, -0.2) is 0 Å². The molecule has 7 radical (unpaired) electrons. The Hall–Kier alpha value is 2.61. The summed E-state index contributed by atoms with van der Waals surface area (Å²) in [4.78, 5) is 0. The van der Waals surface area contributed by atoms with Gasteiger partial charge >= 0.3 is 0 Å². The summed E-state index contributed by atoms with van der Waals surface area (Å²) in [7, 11) is 0. The molecule has 0 heterocycles. The molecule has 0 aromatic rings. The van der Waals surface area contributed by atoms with Crippen molar-refractivity contribution in [1.82, 2.24) is 0 Å². The molecule has 21 valence electrons. The molecule has 0 aliphatic carbocycles. The van der Waals surface area contributed by atoms with Gasteiger partial charge in [0.2, 0.25) is 0 Å². The second-order valence-corrected chi connectivity index (χ2v) is 0. The Labute approximate surface area is 75.0 Å². The molecular weight excluding hydrogens is 429 g/mol. The summed E-state index contributed by atoms with van der Waals surface area (Å²) in [5.74, 6) is 0. The van der Waals surface area contributed by atoms with Crippen LogP contribution in [0.1, 0.15) is 0 Å². The fourth-order valence-electron chi connectivity index (χ4n) is 0. The van der Waals surface area contributed by atoms with Gasteiger partial charge in [0.1, 0.15) is 0 Å². The van der Waals surface area contributed by atoms with Crippen molar-refractivity contribution in [1.29, 1.82) is 0 Å². The molecule has 0 aromatic heterocycles. The zero-order valence-electron chi connectivity index (χ0n) is 1.76. The molecule has 0 nitrogen and oxygen atoms in total. The smallest absolute Gasteiger partial charge is 0 e. The summed E-state index contributed by atoms with van der Waals surface area (Å²) in [5.41, 5.74) is 0. The molecule has 0 aliphatic rings. The molecule has 0 aromatic carbocycles. The van der Waals surface area contributed by atoms with Gasteiger partial charge in [0.05, 0.1) is 0 Å². The predicted molar refractivity (Wildman–Crippen MR) is 12.7 cm³/mol. The van der Waals surface area contributed by atoms with Crippen molar-refractivity contribution in [2.75, 3.05) is 0 Å². The Balaban J connectivity index is 0. The van der Waals surface area contributed by atoms with Gasteiger partial charge in [-0.3, -0.25) is 0 Å². The van der Waals surface area contributed by atoms with E-state index < -0.39 is 0 Å². The van der Waals surface area contributed by atoms with Gasteiger partial charge in [0, 0.05) is 75.9 Å². The summed E-state index contributed by atoms with van der Waals surface area (Å²) in [6.45, 7) is 0.